The number of carbonyl (C=O) groups excluding carboxylic acids is 1. The molecule has 4 rings (SSSR count). The van der Waals surface area contributed by atoms with Gasteiger partial charge in [-0.3, -0.25) is 0 Å². The lowest BCUT2D eigenvalue weighted by atomic mass is 10.1. The van der Waals surface area contributed by atoms with Crippen molar-refractivity contribution in [1.29, 1.82) is 0 Å². The summed E-state index contributed by atoms with van der Waals surface area (Å²) in [6.07, 6.45) is 2.73. The number of hydrogen-bond donors (Lipinski definition) is 0. The molecular formula is C23H22N2O3S. The van der Waals surface area contributed by atoms with Crippen molar-refractivity contribution in [2.75, 3.05) is 18.6 Å². The first-order chi connectivity index (χ1) is 14.1. The number of anilines is 1. The third-order valence-corrected chi connectivity index (χ3v) is 5.97. The third-order valence-electron chi connectivity index (χ3n) is 4.85. The van der Waals surface area contributed by atoms with Crippen molar-refractivity contribution in [3.05, 3.63) is 76.5 Å². The molecule has 2 heterocycles. The van der Waals surface area contributed by atoms with Crippen molar-refractivity contribution in [2.24, 2.45) is 4.99 Å². The van der Waals surface area contributed by atoms with Crippen molar-refractivity contribution in [1.82, 2.24) is 0 Å². The normalized spacial score (nSPS) is 18.6. The van der Waals surface area contributed by atoms with Crippen LogP contribution in [0, 0.1) is 0 Å². The highest BCUT2D eigenvalue weighted by Gasteiger charge is 2.29. The fourth-order valence-corrected chi connectivity index (χ4v) is 4.52. The van der Waals surface area contributed by atoms with E-state index < -0.39 is 5.97 Å². The molecule has 148 valence electrons. The number of allylic oxidation sites excluding steroid dienone is 2. The van der Waals surface area contributed by atoms with Gasteiger partial charge in [-0.1, -0.05) is 36.9 Å². The molecule has 2 aliphatic heterocycles. The maximum Gasteiger partial charge on any atom is 0.364 e. The Kier molecular flexibility index (Phi) is 5.45. The van der Waals surface area contributed by atoms with Crippen molar-refractivity contribution in [3.63, 3.8) is 0 Å². The molecule has 0 aliphatic carbocycles. The Bertz CT molecular complexity index is 1040. The van der Waals surface area contributed by atoms with Gasteiger partial charge in [0.2, 0.25) is 5.90 Å². The Morgan fingerprint density at radius 2 is 2.00 bits per heavy atom. The van der Waals surface area contributed by atoms with Gasteiger partial charge < -0.3 is 14.4 Å². The van der Waals surface area contributed by atoms with Gasteiger partial charge >= 0.3 is 5.97 Å². The quantitative estimate of drug-likeness (QED) is 0.509. The zero-order valence-electron chi connectivity index (χ0n) is 16.6. The topological polar surface area (TPSA) is 51.1 Å². The molecule has 0 aromatic heterocycles. The molecule has 2 aromatic rings. The van der Waals surface area contributed by atoms with Crippen LogP contribution in [0.3, 0.4) is 0 Å². The molecule has 0 N–H and O–H groups in total. The SMILES string of the molecule is CCC(/C=C1\Sc2ccc(OC)cc2N1CC)=C1/N=C(c2ccccc2)OC1=O. The van der Waals surface area contributed by atoms with E-state index in [0.717, 1.165) is 34.1 Å². The second-order valence-corrected chi connectivity index (χ2v) is 7.62. The van der Waals surface area contributed by atoms with E-state index in [1.807, 2.05) is 49.4 Å². The summed E-state index contributed by atoms with van der Waals surface area (Å²) < 4.78 is 10.8. The Balaban J connectivity index is 1.72. The highest BCUT2D eigenvalue weighted by atomic mass is 32.2. The van der Waals surface area contributed by atoms with Crippen molar-refractivity contribution in [3.8, 4) is 5.75 Å². The van der Waals surface area contributed by atoms with Gasteiger partial charge in [-0.05, 0) is 49.3 Å². The maximum absolute atomic E-state index is 12.5. The number of thioether (sulfide) groups is 1. The van der Waals surface area contributed by atoms with Gasteiger partial charge in [-0.2, -0.15) is 0 Å². The number of aliphatic imine (C=N–C) groups is 1. The molecule has 0 atom stereocenters. The standard InChI is InChI=1S/C23H22N2O3S/c1-4-15(21-23(26)28-22(24-21)16-9-7-6-8-10-16)13-20-25(5-2)18-14-17(27-3)11-12-19(18)29-20/h6-14H,4-5H2,1-3H3/b20-13-,21-15-. The molecule has 0 fully saturated rings. The second-order valence-electron chi connectivity index (χ2n) is 6.56. The molecule has 0 saturated carbocycles. The highest BCUT2D eigenvalue weighted by Crippen LogP contribution is 2.47. The number of esters is 1. The van der Waals surface area contributed by atoms with E-state index in [9.17, 15) is 4.79 Å². The molecule has 0 spiro atoms. The summed E-state index contributed by atoms with van der Waals surface area (Å²) >= 11 is 1.69. The monoisotopic (exact) mass is 406 g/mol. The summed E-state index contributed by atoms with van der Waals surface area (Å²) in [7, 11) is 1.67. The Morgan fingerprint density at radius 1 is 1.21 bits per heavy atom. The van der Waals surface area contributed by atoms with Gasteiger partial charge in [0.1, 0.15) is 5.75 Å². The smallest absolute Gasteiger partial charge is 0.364 e. The number of rotatable bonds is 5. The van der Waals surface area contributed by atoms with Crippen LogP contribution in [0.5, 0.6) is 5.75 Å². The van der Waals surface area contributed by atoms with Crippen molar-refractivity contribution in [2.45, 2.75) is 25.2 Å². The minimum Gasteiger partial charge on any atom is -0.497 e. The van der Waals surface area contributed by atoms with E-state index in [2.05, 4.69) is 29.0 Å². The summed E-state index contributed by atoms with van der Waals surface area (Å²) in [5, 5.41) is 1.07. The molecule has 0 saturated heterocycles. The predicted octanol–water partition coefficient (Wildman–Crippen LogP) is 5.14. The minimum atomic E-state index is -0.400. The zero-order chi connectivity index (χ0) is 20.4. The number of hydrogen-bond acceptors (Lipinski definition) is 6. The van der Waals surface area contributed by atoms with Crippen LogP contribution in [-0.4, -0.2) is 25.5 Å². The van der Waals surface area contributed by atoms with Crippen LogP contribution in [0.1, 0.15) is 25.8 Å². The molecule has 2 aromatic carbocycles. The average Bonchev–Trinajstić information content (AvgIpc) is 3.31. The Labute approximate surface area is 174 Å². The van der Waals surface area contributed by atoms with E-state index >= 15 is 0 Å². The fraction of sp³-hybridized carbons (Fsp3) is 0.217. The molecule has 5 nitrogen and oxygen atoms in total. The highest BCUT2D eigenvalue weighted by molar-refractivity contribution is 8.03. The number of ether oxygens (including phenoxy) is 2. The third kappa shape index (κ3) is 3.68. The average molecular weight is 407 g/mol. The number of fused-ring (bicyclic) bond motifs is 1. The van der Waals surface area contributed by atoms with Gasteiger partial charge in [-0.25, -0.2) is 9.79 Å². The van der Waals surface area contributed by atoms with E-state index in [0.29, 0.717) is 18.0 Å². The molecule has 6 heteroatoms. The summed E-state index contributed by atoms with van der Waals surface area (Å²) in [5.41, 5.74) is 3.15. The van der Waals surface area contributed by atoms with E-state index in [1.165, 1.54) is 4.90 Å². The maximum atomic E-state index is 12.5. The Hall–Kier alpha value is -2.99. The number of nitrogens with zero attached hydrogens (tertiary/aromatic N) is 2. The summed E-state index contributed by atoms with van der Waals surface area (Å²) in [6.45, 7) is 4.94. The van der Waals surface area contributed by atoms with Crippen LogP contribution in [0.15, 0.2) is 80.8 Å². The molecule has 0 amide bonds. The van der Waals surface area contributed by atoms with Crippen LogP contribution in [0.25, 0.3) is 0 Å². The van der Waals surface area contributed by atoms with Crippen molar-refractivity contribution >= 4 is 29.3 Å². The number of benzene rings is 2. The lowest BCUT2D eigenvalue weighted by Gasteiger charge is -2.19. The van der Waals surface area contributed by atoms with Gasteiger partial charge in [0, 0.05) is 23.1 Å². The van der Waals surface area contributed by atoms with Gasteiger partial charge in [0.25, 0.3) is 0 Å². The summed E-state index contributed by atoms with van der Waals surface area (Å²) in [4.78, 5) is 20.4. The van der Waals surface area contributed by atoms with Gasteiger partial charge in [0.05, 0.1) is 17.8 Å². The van der Waals surface area contributed by atoms with Crippen LogP contribution >= 0.6 is 11.8 Å². The van der Waals surface area contributed by atoms with Gasteiger partial charge in [-0.15, -0.1) is 0 Å². The van der Waals surface area contributed by atoms with E-state index in [4.69, 9.17) is 9.47 Å². The molecule has 2 aliphatic rings. The minimum absolute atomic E-state index is 0.356. The van der Waals surface area contributed by atoms with Crippen LogP contribution in [0.4, 0.5) is 5.69 Å². The first-order valence-corrected chi connectivity index (χ1v) is 10.4. The van der Waals surface area contributed by atoms with Crippen LogP contribution in [0.2, 0.25) is 0 Å². The first-order valence-electron chi connectivity index (χ1n) is 9.59. The molecular weight excluding hydrogens is 384 g/mol. The number of cyclic esters (lactones) is 1. The van der Waals surface area contributed by atoms with Crippen LogP contribution < -0.4 is 9.64 Å². The number of methoxy groups -OCH3 is 1. The van der Waals surface area contributed by atoms with E-state index in [1.54, 1.807) is 18.9 Å². The molecule has 0 unspecified atom stereocenters. The fourth-order valence-electron chi connectivity index (χ4n) is 3.34. The van der Waals surface area contributed by atoms with Crippen molar-refractivity contribution < 1.29 is 14.3 Å². The largest absolute Gasteiger partial charge is 0.497 e. The van der Waals surface area contributed by atoms with E-state index in [-0.39, 0.29) is 0 Å². The first kappa shape index (κ1) is 19.3. The molecule has 29 heavy (non-hydrogen) atoms. The molecule has 0 radical (unpaired) electrons. The predicted molar refractivity (Wildman–Crippen MR) is 116 cm³/mol. The zero-order valence-corrected chi connectivity index (χ0v) is 17.5. The Morgan fingerprint density at radius 3 is 2.69 bits per heavy atom. The second kappa shape index (κ2) is 8.17. The van der Waals surface area contributed by atoms with Gasteiger partial charge in [0.15, 0.2) is 5.70 Å². The number of carbonyl (C=O) groups is 1. The molecule has 0 bridgehead atoms. The lowest BCUT2D eigenvalue weighted by Crippen LogP contribution is -2.16. The summed E-state index contributed by atoms with van der Waals surface area (Å²) in [6, 6.07) is 15.6. The van der Waals surface area contributed by atoms with Crippen LogP contribution in [-0.2, 0) is 9.53 Å². The summed E-state index contributed by atoms with van der Waals surface area (Å²) in [5.74, 6) is 0.784. The lowest BCUT2D eigenvalue weighted by molar-refractivity contribution is -0.130.